The highest BCUT2D eigenvalue weighted by Crippen LogP contribution is 2.31. The van der Waals surface area contributed by atoms with Gasteiger partial charge in [0.05, 0.1) is 36.5 Å². The monoisotopic (exact) mass is 338 g/mol. The molecule has 1 saturated carbocycles. The number of carbonyl (C=O) groups is 1. The number of amides is 1. The van der Waals surface area contributed by atoms with E-state index in [1.165, 1.54) is 0 Å². The Labute approximate surface area is 147 Å². The van der Waals surface area contributed by atoms with Crippen LogP contribution in [0.1, 0.15) is 12.8 Å². The van der Waals surface area contributed by atoms with Crippen LogP contribution in [0.15, 0.2) is 42.6 Å². The van der Waals surface area contributed by atoms with Crippen LogP contribution in [0.25, 0.3) is 0 Å². The number of rotatable bonds is 5. The van der Waals surface area contributed by atoms with Gasteiger partial charge in [0, 0.05) is 19.0 Å². The normalized spacial score (nSPS) is 17.2. The van der Waals surface area contributed by atoms with Crippen LogP contribution in [-0.4, -0.2) is 37.2 Å². The second-order valence-electron chi connectivity index (χ2n) is 6.44. The molecule has 2 N–H and O–H groups in total. The molecule has 1 aromatic heterocycles. The molecule has 1 amide bonds. The molecule has 25 heavy (non-hydrogen) atoms. The minimum atomic E-state index is 0.0974. The molecule has 0 unspecified atom stereocenters. The number of ether oxygens (including phenoxy) is 1. The Balaban J connectivity index is 1.45. The minimum absolute atomic E-state index is 0.0974. The van der Waals surface area contributed by atoms with Gasteiger partial charge in [0.15, 0.2) is 0 Å². The van der Waals surface area contributed by atoms with Gasteiger partial charge in [-0.05, 0) is 37.1 Å². The summed E-state index contributed by atoms with van der Waals surface area (Å²) in [6.45, 7) is 3.28. The van der Waals surface area contributed by atoms with Crippen LogP contribution in [0, 0.1) is 5.92 Å². The Morgan fingerprint density at radius 2 is 1.92 bits per heavy atom. The molecule has 1 saturated heterocycles. The molecule has 2 heterocycles. The highest BCUT2D eigenvalue weighted by molar-refractivity contribution is 5.94. The van der Waals surface area contributed by atoms with E-state index in [1.807, 2.05) is 24.3 Å². The summed E-state index contributed by atoms with van der Waals surface area (Å²) >= 11 is 0. The topological polar surface area (TPSA) is 66.5 Å². The Morgan fingerprint density at radius 1 is 1.12 bits per heavy atom. The third kappa shape index (κ3) is 3.91. The molecule has 1 aromatic carbocycles. The summed E-state index contributed by atoms with van der Waals surface area (Å²) in [6.07, 6.45) is 3.69. The average molecular weight is 338 g/mol. The van der Waals surface area contributed by atoms with Crippen molar-refractivity contribution in [1.82, 2.24) is 4.98 Å². The molecule has 2 aromatic rings. The lowest BCUT2D eigenvalue weighted by molar-refractivity contribution is -0.117. The van der Waals surface area contributed by atoms with E-state index in [9.17, 15) is 4.79 Å². The second kappa shape index (κ2) is 7.11. The van der Waals surface area contributed by atoms with E-state index in [4.69, 9.17) is 4.74 Å². The number of aromatic nitrogens is 1. The summed E-state index contributed by atoms with van der Waals surface area (Å²) in [5, 5.41) is 6.29. The van der Waals surface area contributed by atoms with Gasteiger partial charge in [-0.15, -0.1) is 0 Å². The van der Waals surface area contributed by atoms with E-state index in [1.54, 1.807) is 6.20 Å². The molecule has 130 valence electrons. The van der Waals surface area contributed by atoms with E-state index in [0.717, 1.165) is 62.0 Å². The molecule has 2 fully saturated rings. The number of nitrogens with zero attached hydrogens (tertiary/aromatic N) is 2. The third-order valence-corrected chi connectivity index (χ3v) is 4.50. The van der Waals surface area contributed by atoms with E-state index in [2.05, 4.69) is 32.7 Å². The number of anilines is 4. The summed E-state index contributed by atoms with van der Waals surface area (Å²) in [7, 11) is 0. The summed E-state index contributed by atoms with van der Waals surface area (Å²) in [6, 6.07) is 12.0. The van der Waals surface area contributed by atoms with Crippen molar-refractivity contribution in [1.29, 1.82) is 0 Å². The van der Waals surface area contributed by atoms with Gasteiger partial charge in [0.2, 0.25) is 5.91 Å². The molecule has 2 aliphatic rings. The molecular weight excluding hydrogens is 316 g/mol. The van der Waals surface area contributed by atoms with E-state index >= 15 is 0 Å². The van der Waals surface area contributed by atoms with E-state index < -0.39 is 0 Å². The Hall–Kier alpha value is -2.60. The second-order valence-corrected chi connectivity index (χ2v) is 6.44. The van der Waals surface area contributed by atoms with Gasteiger partial charge in [-0.2, -0.15) is 0 Å². The first-order valence-electron chi connectivity index (χ1n) is 8.75. The van der Waals surface area contributed by atoms with Gasteiger partial charge in [0.1, 0.15) is 5.82 Å². The number of benzene rings is 1. The first-order chi connectivity index (χ1) is 12.3. The van der Waals surface area contributed by atoms with Gasteiger partial charge in [-0.25, -0.2) is 4.98 Å². The lowest BCUT2D eigenvalue weighted by Crippen LogP contribution is -2.36. The number of pyridine rings is 1. The molecule has 0 spiro atoms. The van der Waals surface area contributed by atoms with Gasteiger partial charge >= 0.3 is 0 Å². The Kier molecular flexibility index (Phi) is 4.52. The molecule has 4 rings (SSSR count). The fourth-order valence-corrected chi connectivity index (χ4v) is 2.93. The number of carbonyl (C=O) groups excluding carboxylic acids is 1. The van der Waals surface area contributed by atoms with Crippen LogP contribution in [0.3, 0.4) is 0 Å². The molecule has 0 bridgehead atoms. The Morgan fingerprint density at radius 3 is 2.64 bits per heavy atom. The summed E-state index contributed by atoms with van der Waals surface area (Å²) in [5.41, 5.74) is 2.91. The van der Waals surface area contributed by atoms with Gasteiger partial charge in [-0.1, -0.05) is 12.1 Å². The van der Waals surface area contributed by atoms with Crippen LogP contribution in [0.2, 0.25) is 0 Å². The van der Waals surface area contributed by atoms with Gasteiger partial charge < -0.3 is 20.3 Å². The number of morpholine rings is 1. The van der Waals surface area contributed by atoms with Crippen molar-refractivity contribution in [2.24, 2.45) is 5.92 Å². The fourth-order valence-electron chi connectivity index (χ4n) is 2.93. The van der Waals surface area contributed by atoms with E-state index in [-0.39, 0.29) is 11.8 Å². The van der Waals surface area contributed by atoms with Crippen molar-refractivity contribution in [3.8, 4) is 0 Å². The van der Waals surface area contributed by atoms with Crippen LogP contribution < -0.4 is 15.5 Å². The van der Waals surface area contributed by atoms with Crippen LogP contribution in [0.4, 0.5) is 22.9 Å². The van der Waals surface area contributed by atoms with Crippen LogP contribution in [0.5, 0.6) is 0 Å². The van der Waals surface area contributed by atoms with Crippen molar-refractivity contribution in [3.05, 3.63) is 42.6 Å². The zero-order chi connectivity index (χ0) is 17.1. The lowest BCUT2D eigenvalue weighted by atomic mass is 10.2. The van der Waals surface area contributed by atoms with Crippen LogP contribution in [-0.2, 0) is 9.53 Å². The van der Waals surface area contributed by atoms with Crippen molar-refractivity contribution >= 4 is 28.8 Å². The molecule has 6 nitrogen and oxygen atoms in total. The zero-order valence-electron chi connectivity index (χ0n) is 14.1. The Bertz CT molecular complexity index is 737. The number of hydrogen-bond donors (Lipinski definition) is 2. The SMILES string of the molecule is O=C(Nc1ccc(Nc2ccccc2N2CCOCC2)nc1)C1CC1. The predicted octanol–water partition coefficient (Wildman–Crippen LogP) is 3.01. The molecule has 6 heteroatoms. The maximum Gasteiger partial charge on any atom is 0.227 e. The number of nitrogens with one attached hydrogen (secondary N) is 2. The smallest absolute Gasteiger partial charge is 0.227 e. The number of hydrogen-bond acceptors (Lipinski definition) is 5. The first kappa shape index (κ1) is 15.9. The van der Waals surface area contributed by atoms with Gasteiger partial charge in [0.25, 0.3) is 0 Å². The quantitative estimate of drug-likeness (QED) is 0.877. The average Bonchev–Trinajstić information content (AvgIpc) is 3.50. The molecule has 0 radical (unpaired) electrons. The number of para-hydroxylation sites is 2. The molecule has 0 atom stereocenters. The fraction of sp³-hybridized carbons (Fsp3) is 0.368. The van der Waals surface area contributed by atoms with Crippen LogP contribution >= 0.6 is 0 Å². The third-order valence-electron chi connectivity index (χ3n) is 4.50. The molecular formula is C19H22N4O2. The van der Waals surface area contributed by atoms with Crippen molar-refractivity contribution in [2.45, 2.75) is 12.8 Å². The van der Waals surface area contributed by atoms with Crippen molar-refractivity contribution in [2.75, 3.05) is 41.8 Å². The summed E-state index contributed by atoms with van der Waals surface area (Å²) in [5.74, 6) is 1.04. The molecule has 1 aliphatic heterocycles. The maximum absolute atomic E-state index is 11.8. The van der Waals surface area contributed by atoms with Gasteiger partial charge in [-0.3, -0.25) is 4.79 Å². The largest absolute Gasteiger partial charge is 0.378 e. The highest BCUT2D eigenvalue weighted by atomic mass is 16.5. The molecule has 1 aliphatic carbocycles. The highest BCUT2D eigenvalue weighted by Gasteiger charge is 2.29. The van der Waals surface area contributed by atoms with Crippen molar-refractivity contribution < 1.29 is 9.53 Å². The summed E-state index contributed by atoms with van der Waals surface area (Å²) < 4.78 is 5.44. The first-order valence-corrected chi connectivity index (χ1v) is 8.75. The summed E-state index contributed by atoms with van der Waals surface area (Å²) in [4.78, 5) is 18.5. The predicted molar refractivity (Wildman–Crippen MR) is 98.3 cm³/mol. The minimum Gasteiger partial charge on any atom is -0.378 e. The maximum atomic E-state index is 11.8. The lowest BCUT2D eigenvalue weighted by Gasteiger charge is -2.30. The van der Waals surface area contributed by atoms with E-state index in [0.29, 0.717) is 0 Å². The van der Waals surface area contributed by atoms with Crippen molar-refractivity contribution in [3.63, 3.8) is 0 Å². The standard InChI is InChI=1S/C19H22N4O2/c24-19(14-5-6-14)21-15-7-8-18(20-13-15)22-16-3-1-2-4-17(16)23-9-11-25-12-10-23/h1-4,7-8,13-14H,5-6,9-12H2,(H,20,22)(H,21,24). The zero-order valence-corrected chi connectivity index (χ0v) is 14.1.